The number of thioether (sulfide) groups is 1. The molecule has 0 atom stereocenters. The summed E-state index contributed by atoms with van der Waals surface area (Å²) >= 11 is 6.44. The molecule has 2 aromatic rings. The average Bonchev–Trinajstić information content (AvgIpc) is 2.90. The van der Waals surface area contributed by atoms with Gasteiger partial charge in [-0.3, -0.25) is 9.69 Å². The summed E-state index contributed by atoms with van der Waals surface area (Å²) in [7, 11) is 1.44. The van der Waals surface area contributed by atoms with Gasteiger partial charge in [-0.05, 0) is 48.0 Å². The van der Waals surface area contributed by atoms with E-state index in [9.17, 15) is 14.7 Å². The van der Waals surface area contributed by atoms with Gasteiger partial charge in [-0.15, -0.1) is 0 Å². The summed E-state index contributed by atoms with van der Waals surface area (Å²) in [5.41, 5.74) is 1.32. The molecule has 0 aromatic heterocycles. The Hall–Kier alpha value is -2.84. The number of benzene rings is 2. The van der Waals surface area contributed by atoms with Crippen LogP contribution in [-0.4, -0.2) is 33.5 Å². The van der Waals surface area contributed by atoms with Crippen molar-refractivity contribution in [2.24, 2.45) is 0 Å². The van der Waals surface area contributed by atoms with E-state index in [0.29, 0.717) is 26.2 Å². The second-order valence-corrected chi connectivity index (χ2v) is 6.98. The van der Waals surface area contributed by atoms with Gasteiger partial charge in [0.1, 0.15) is 0 Å². The maximum atomic E-state index is 12.7. The molecule has 1 aliphatic rings. The Kier molecular flexibility index (Phi) is 4.97. The number of ether oxygens (including phenoxy) is 1. The van der Waals surface area contributed by atoms with Crippen LogP contribution in [0.15, 0.2) is 47.4 Å². The number of carboxylic acid groups (broad SMARTS) is 1. The molecule has 1 fully saturated rings. The zero-order chi connectivity index (χ0) is 18.8. The minimum atomic E-state index is -1.04. The third-order valence-electron chi connectivity index (χ3n) is 3.67. The van der Waals surface area contributed by atoms with Gasteiger partial charge in [0.05, 0.1) is 23.3 Å². The molecule has 2 N–H and O–H groups in total. The standard InChI is InChI=1S/C18H13NO5S2/c1-24-14-8-10(2-7-13(14)20)9-15-16(21)19(18(25)26-15)12-5-3-11(4-6-12)17(22)23/h2-9,20H,1H3,(H,22,23). The molecule has 0 saturated carbocycles. The zero-order valence-electron chi connectivity index (χ0n) is 13.5. The number of methoxy groups -OCH3 is 1. The van der Waals surface area contributed by atoms with Gasteiger partial charge in [-0.25, -0.2) is 4.79 Å². The molecule has 1 heterocycles. The molecule has 3 rings (SSSR count). The number of aromatic hydroxyl groups is 1. The quantitative estimate of drug-likeness (QED) is 0.613. The minimum absolute atomic E-state index is 0.00993. The first-order valence-electron chi connectivity index (χ1n) is 7.39. The van der Waals surface area contributed by atoms with E-state index in [0.717, 1.165) is 11.8 Å². The van der Waals surface area contributed by atoms with Gasteiger partial charge in [0, 0.05) is 0 Å². The monoisotopic (exact) mass is 387 g/mol. The molecule has 132 valence electrons. The summed E-state index contributed by atoms with van der Waals surface area (Å²) in [6.07, 6.45) is 1.66. The van der Waals surface area contributed by atoms with Gasteiger partial charge >= 0.3 is 5.97 Å². The number of aromatic carboxylic acids is 1. The third kappa shape index (κ3) is 3.42. The molecule has 0 spiro atoms. The molecule has 6 nitrogen and oxygen atoms in total. The van der Waals surface area contributed by atoms with Gasteiger partial charge in [-0.2, -0.15) is 0 Å². The maximum absolute atomic E-state index is 12.7. The maximum Gasteiger partial charge on any atom is 0.335 e. The molecule has 8 heteroatoms. The van der Waals surface area contributed by atoms with Crippen LogP contribution in [0.4, 0.5) is 5.69 Å². The average molecular weight is 387 g/mol. The highest BCUT2D eigenvalue weighted by Crippen LogP contribution is 2.37. The van der Waals surface area contributed by atoms with E-state index in [1.807, 2.05) is 0 Å². The molecule has 0 radical (unpaired) electrons. The lowest BCUT2D eigenvalue weighted by atomic mass is 10.1. The molecule has 1 saturated heterocycles. The molecular weight excluding hydrogens is 374 g/mol. The highest BCUT2D eigenvalue weighted by Gasteiger charge is 2.33. The predicted octanol–water partition coefficient (Wildman–Crippen LogP) is 3.50. The molecule has 0 unspecified atom stereocenters. The van der Waals surface area contributed by atoms with Crippen LogP contribution in [-0.2, 0) is 4.79 Å². The number of carbonyl (C=O) groups is 2. The van der Waals surface area contributed by atoms with Crippen molar-refractivity contribution in [2.75, 3.05) is 12.0 Å². The van der Waals surface area contributed by atoms with Crippen LogP contribution in [0.1, 0.15) is 15.9 Å². The first-order valence-corrected chi connectivity index (χ1v) is 8.61. The first kappa shape index (κ1) is 18.0. The number of nitrogens with zero attached hydrogens (tertiary/aromatic N) is 1. The van der Waals surface area contributed by atoms with Gasteiger partial charge in [0.25, 0.3) is 5.91 Å². The summed E-state index contributed by atoms with van der Waals surface area (Å²) in [5.74, 6) is -1.02. The van der Waals surface area contributed by atoms with Crippen molar-refractivity contribution >= 4 is 51.9 Å². The van der Waals surface area contributed by atoms with Gasteiger partial charge in [0.2, 0.25) is 0 Å². The van der Waals surface area contributed by atoms with E-state index in [4.69, 9.17) is 22.1 Å². The number of phenolic OH excluding ortho intramolecular Hbond substituents is 1. The van der Waals surface area contributed by atoms with E-state index >= 15 is 0 Å². The predicted molar refractivity (Wildman–Crippen MR) is 104 cm³/mol. The first-order chi connectivity index (χ1) is 12.4. The fourth-order valence-electron chi connectivity index (χ4n) is 2.38. The Morgan fingerprint density at radius 3 is 2.54 bits per heavy atom. The lowest BCUT2D eigenvalue weighted by Crippen LogP contribution is -2.27. The molecule has 1 amide bonds. The van der Waals surface area contributed by atoms with Crippen molar-refractivity contribution in [3.8, 4) is 11.5 Å². The number of phenols is 1. The molecule has 2 aromatic carbocycles. The van der Waals surface area contributed by atoms with Crippen LogP contribution >= 0.6 is 24.0 Å². The number of amides is 1. The topological polar surface area (TPSA) is 87.1 Å². The summed E-state index contributed by atoms with van der Waals surface area (Å²) in [6.45, 7) is 0. The fourth-order valence-corrected chi connectivity index (χ4v) is 3.68. The van der Waals surface area contributed by atoms with E-state index in [1.165, 1.54) is 30.2 Å². The van der Waals surface area contributed by atoms with Gasteiger partial charge in [0.15, 0.2) is 15.8 Å². The van der Waals surface area contributed by atoms with E-state index in [-0.39, 0.29) is 17.2 Å². The highest BCUT2D eigenvalue weighted by atomic mass is 32.2. The number of anilines is 1. The van der Waals surface area contributed by atoms with Crippen LogP contribution in [0.2, 0.25) is 0 Å². The number of carboxylic acids is 1. The largest absolute Gasteiger partial charge is 0.504 e. The van der Waals surface area contributed by atoms with Gasteiger partial charge in [-0.1, -0.05) is 30.0 Å². The third-order valence-corrected chi connectivity index (χ3v) is 4.97. The lowest BCUT2D eigenvalue weighted by Gasteiger charge is -2.14. The second-order valence-electron chi connectivity index (χ2n) is 5.30. The second kappa shape index (κ2) is 7.19. The van der Waals surface area contributed by atoms with Crippen LogP contribution < -0.4 is 9.64 Å². The smallest absolute Gasteiger partial charge is 0.335 e. The summed E-state index contributed by atoms with van der Waals surface area (Å²) in [4.78, 5) is 25.4. The summed E-state index contributed by atoms with van der Waals surface area (Å²) in [6, 6.07) is 10.7. The minimum Gasteiger partial charge on any atom is -0.504 e. The van der Waals surface area contributed by atoms with Crippen molar-refractivity contribution in [1.29, 1.82) is 0 Å². The van der Waals surface area contributed by atoms with Crippen LogP contribution in [0.25, 0.3) is 6.08 Å². The highest BCUT2D eigenvalue weighted by molar-refractivity contribution is 8.27. The van der Waals surface area contributed by atoms with E-state index in [1.54, 1.807) is 30.3 Å². The Morgan fingerprint density at radius 2 is 1.92 bits per heavy atom. The van der Waals surface area contributed by atoms with Crippen LogP contribution in [0.5, 0.6) is 11.5 Å². The van der Waals surface area contributed by atoms with Crippen molar-refractivity contribution in [3.63, 3.8) is 0 Å². The van der Waals surface area contributed by atoms with E-state index < -0.39 is 5.97 Å². The van der Waals surface area contributed by atoms with Crippen molar-refractivity contribution in [3.05, 3.63) is 58.5 Å². The van der Waals surface area contributed by atoms with Crippen molar-refractivity contribution in [1.82, 2.24) is 0 Å². The normalized spacial score (nSPS) is 15.6. The molecule has 26 heavy (non-hydrogen) atoms. The SMILES string of the molecule is COc1cc(C=C2SC(=S)N(c3ccc(C(=O)O)cc3)C2=O)ccc1O. The fraction of sp³-hybridized carbons (Fsp3) is 0.0556. The Balaban J connectivity index is 1.90. The number of hydrogen-bond acceptors (Lipinski definition) is 6. The molecule has 0 aliphatic carbocycles. The van der Waals surface area contributed by atoms with Crippen molar-refractivity contribution < 1.29 is 24.5 Å². The number of thiocarbonyl (C=S) groups is 1. The number of hydrogen-bond donors (Lipinski definition) is 2. The Labute approximate surface area is 158 Å². The Bertz CT molecular complexity index is 937. The molecule has 0 bridgehead atoms. The van der Waals surface area contributed by atoms with Crippen molar-refractivity contribution in [2.45, 2.75) is 0 Å². The van der Waals surface area contributed by atoms with Gasteiger partial charge < -0.3 is 14.9 Å². The Morgan fingerprint density at radius 1 is 1.23 bits per heavy atom. The molecular formula is C18H13NO5S2. The van der Waals surface area contributed by atoms with E-state index in [2.05, 4.69) is 0 Å². The lowest BCUT2D eigenvalue weighted by molar-refractivity contribution is -0.113. The number of carbonyl (C=O) groups excluding carboxylic acids is 1. The summed E-state index contributed by atoms with van der Waals surface area (Å²) < 4.78 is 5.42. The number of rotatable bonds is 4. The van der Waals surface area contributed by atoms with Crippen LogP contribution in [0.3, 0.4) is 0 Å². The van der Waals surface area contributed by atoms with Crippen LogP contribution in [0, 0.1) is 0 Å². The summed E-state index contributed by atoms with van der Waals surface area (Å²) in [5, 5.41) is 18.6. The zero-order valence-corrected chi connectivity index (χ0v) is 15.1. The molecule has 1 aliphatic heterocycles.